The molecule has 2 aromatic rings. The number of carbonyl (C=O) groups is 1. The van der Waals surface area contributed by atoms with Crippen molar-refractivity contribution in [1.29, 1.82) is 0 Å². The van der Waals surface area contributed by atoms with Gasteiger partial charge in [-0.3, -0.25) is 14.7 Å². The molecule has 0 atom stereocenters. The maximum absolute atomic E-state index is 13.6. The van der Waals surface area contributed by atoms with Gasteiger partial charge in [-0.2, -0.15) is 0 Å². The zero-order valence-corrected chi connectivity index (χ0v) is 11.7. The molecule has 0 aliphatic rings. The van der Waals surface area contributed by atoms with Gasteiger partial charge in [0.2, 0.25) is 0 Å². The third kappa shape index (κ3) is 4.16. The second-order valence-electron chi connectivity index (χ2n) is 4.71. The summed E-state index contributed by atoms with van der Waals surface area (Å²) in [5.74, 6) is -1.86. The van der Waals surface area contributed by atoms with Gasteiger partial charge < -0.3 is 0 Å². The summed E-state index contributed by atoms with van der Waals surface area (Å²) < 4.78 is 26.5. The Morgan fingerprint density at radius 2 is 1.90 bits per heavy atom. The van der Waals surface area contributed by atoms with Gasteiger partial charge in [-0.25, -0.2) is 8.78 Å². The van der Waals surface area contributed by atoms with Crippen molar-refractivity contribution in [1.82, 2.24) is 9.88 Å². The summed E-state index contributed by atoms with van der Waals surface area (Å²) in [5.41, 5.74) is 0.948. The fourth-order valence-electron chi connectivity index (χ4n) is 2.03. The van der Waals surface area contributed by atoms with E-state index >= 15 is 0 Å². The van der Waals surface area contributed by atoms with E-state index in [-0.39, 0.29) is 17.9 Å². The summed E-state index contributed by atoms with van der Waals surface area (Å²) in [6.07, 6.45) is 3.37. The van der Waals surface area contributed by atoms with Crippen molar-refractivity contribution in [2.24, 2.45) is 0 Å². The van der Waals surface area contributed by atoms with E-state index in [1.165, 1.54) is 6.07 Å². The smallest absolute Gasteiger partial charge is 0.179 e. The number of benzene rings is 1. The molecule has 21 heavy (non-hydrogen) atoms. The largest absolute Gasteiger partial charge is 0.293 e. The summed E-state index contributed by atoms with van der Waals surface area (Å²) in [5, 5.41) is 0. The van der Waals surface area contributed by atoms with Crippen molar-refractivity contribution >= 4 is 5.78 Å². The Kier molecular flexibility index (Phi) is 5.11. The first-order valence-electron chi connectivity index (χ1n) is 6.69. The predicted octanol–water partition coefficient (Wildman–Crippen LogP) is 3.06. The summed E-state index contributed by atoms with van der Waals surface area (Å²) >= 11 is 0. The topological polar surface area (TPSA) is 33.2 Å². The molecule has 0 N–H and O–H groups in total. The number of aromatic nitrogens is 1. The molecule has 0 spiro atoms. The standard InChI is InChI=1S/C16H16F2N2O/c1-2-20(10-12-5-7-19-8-6-12)11-16(21)14-4-3-13(17)9-15(14)18/h3-9H,2,10-11H2,1H3. The Hall–Kier alpha value is -2.14. The van der Waals surface area contributed by atoms with Crippen LogP contribution in [-0.4, -0.2) is 28.8 Å². The average Bonchev–Trinajstić information content (AvgIpc) is 2.47. The van der Waals surface area contributed by atoms with E-state index in [1.807, 2.05) is 24.0 Å². The molecule has 1 heterocycles. The molecule has 1 aromatic carbocycles. The Morgan fingerprint density at radius 3 is 2.52 bits per heavy atom. The molecule has 0 aliphatic heterocycles. The lowest BCUT2D eigenvalue weighted by atomic mass is 10.1. The number of hydrogen-bond acceptors (Lipinski definition) is 3. The fourth-order valence-corrected chi connectivity index (χ4v) is 2.03. The minimum absolute atomic E-state index is 0.0791. The van der Waals surface area contributed by atoms with Gasteiger partial charge in [-0.15, -0.1) is 0 Å². The first-order valence-corrected chi connectivity index (χ1v) is 6.69. The lowest BCUT2D eigenvalue weighted by molar-refractivity contribution is 0.0925. The maximum atomic E-state index is 13.6. The van der Waals surface area contributed by atoms with Crippen LogP contribution in [0.5, 0.6) is 0 Å². The SMILES string of the molecule is CCN(CC(=O)c1ccc(F)cc1F)Cc1ccncc1. The second-order valence-corrected chi connectivity index (χ2v) is 4.71. The lowest BCUT2D eigenvalue weighted by Gasteiger charge is -2.19. The number of Topliss-reactive ketones (excluding diaryl/α,β-unsaturated/α-hetero) is 1. The normalized spacial score (nSPS) is 10.9. The van der Waals surface area contributed by atoms with Crippen LogP contribution in [0, 0.1) is 11.6 Å². The molecule has 0 unspecified atom stereocenters. The Balaban J connectivity index is 2.06. The molecule has 0 amide bonds. The zero-order valence-electron chi connectivity index (χ0n) is 11.7. The van der Waals surface area contributed by atoms with Crippen LogP contribution in [0.2, 0.25) is 0 Å². The quantitative estimate of drug-likeness (QED) is 0.767. The minimum Gasteiger partial charge on any atom is -0.293 e. The van der Waals surface area contributed by atoms with E-state index in [9.17, 15) is 13.6 Å². The molecule has 1 aromatic heterocycles. The molecule has 0 radical (unpaired) electrons. The molecule has 0 fully saturated rings. The number of rotatable bonds is 6. The van der Waals surface area contributed by atoms with Gasteiger partial charge in [0.1, 0.15) is 11.6 Å². The molecule has 110 valence electrons. The highest BCUT2D eigenvalue weighted by molar-refractivity contribution is 5.97. The summed E-state index contributed by atoms with van der Waals surface area (Å²) in [4.78, 5) is 17.9. The highest BCUT2D eigenvalue weighted by Gasteiger charge is 2.16. The zero-order chi connectivity index (χ0) is 15.2. The van der Waals surface area contributed by atoms with Crippen LogP contribution in [0.15, 0.2) is 42.7 Å². The Bertz CT molecular complexity index is 617. The number of likely N-dealkylation sites (N-methyl/N-ethyl adjacent to an activating group) is 1. The number of pyridine rings is 1. The molecular formula is C16H16F2N2O. The second kappa shape index (κ2) is 7.04. The molecule has 0 saturated carbocycles. The highest BCUT2D eigenvalue weighted by Crippen LogP contribution is 2.12. The van der Waals surface area contributed by atoms with Gasteiger partial charge in [0, 0.05) is 25.0 Å². The molecular weight excluding hydrogens is 274 g/mol. The predicted molar refractivity (Wildman–Crippen MR) is 75.9 cm³/mol. The van der Waals surface area contributed by atoms with Gasteiger partial charge in [-0.1, -0.05) is 6.92 Å². The Morgan fingerprint density at radius 1 is 1.19 bits per heavy atom. The number of nitrogens with zero attached hydrogens (tertiary/aromatic N) is 2. The van der Waals surface area contributed by atoms with E-state index in [0.717, 1.165) is 17.7 Å². The summed E-state index contributed by atoms with van der Waals surface area (Å²) in [7, 11) is 0. The van der Waals surface area contributed by atoms with E-state index in [1.54, 1.807) is 12.4 Å². The summed E-state index contributed by atoms with van der Waals surface area (Å²) in [6, 6.07) is 6.74. The van der Waals surface area contributed by atoms with E-state index in [2.05, 4.69) is 4.98 Å². The maximum Gasteiger partial charge on any atom is 0.179 e. The van der Waals surface area contributed by atoms with Crippen LogP contribution >= 0.6 is 0 Å². The third-order valence-electron chi connectivity index (χ3n) is 3.20. The Labute approximate surface area is 122 Å². The van der Waals surface area contributed by atoms with E-state index in [4.69, 9.17) is 0 Å². The minimum atomic E-state index is -0.819. The molecule has 5 heteroatoms. The van der Waals surface area contributed by atoms with Crippen LogP contribution in [0.4, 0.5) is 8.78 Å². The summed E-state index contributed by atoms with van der Waals surface area (Å²) in [6.45, 7) is 3.24. The van der Waals surface area contributed by atoms with E-state index < -0.39 is 11.6 Å². The molecule has 2 rings (SSSR count). The number of ketones is 1. The lowest BCUT2D eigenvalue weighted by Crippen LogP contribution is -2.29. The van der Waals surface area contributed by atoms with Gasteiger partial charge in [0.25, 0.3) is 0 Å². The van der Waals surface area contributed by atoms with Gasteiger partial charge >= 0.3 is 0 Å². The monoisotopic (exact) mass is 290 g/mol. The van der Waals surface area contributed by atoms with Crippen molar-refractivity contribution in [3.8, 4) is 0 Å². The number of hydrogen-bond donors (Lipinski definition) is 0. The fraction of sp³-hybridized carbons (Fsp3) is 0.250. The molecule has 3 nitrogen and oxygen atoms in total. The van der Waals surface area contributed by atoms with Crippen molar-refractivity contribution in [2.75, 3.05) is 13.1 Å². The van der Waals surface area contributed by atoms with Crippen LogP contribution in [0.3, 0.4) is 0 Å². The van der Waals surface area contributed by atoms with E-state index in [0.29, 0.717) is 13.1 Å². The first kappa shape index (κ1) is 15.3. The molecule has 0 saturated heterocycles. The van der Waals surface area contributed by atoms with Crippen molar-refractivity contribution in [2.45, 2.75) is 13.5 Å². The highest BCUT2D eigenvalue weighted by atomic mass is 19.1. The van der Waals surface area contributed by atoms with Crippen LogP contribution in [-0.2, 0) is 6.54 Å². The average molecular weight is 290 g/mol. The number of halogens is 2. The number of carbonyl (C=O) groups excluding carboxylic acids is 1. The van der Waals surface area contributed by atoms with Gasteiger partial charge in [0.15, 0.2) is 5.78 Å². The van der Waals surface area contributed by atoms with Crippen LogP contribution < -0.4 is 0 Å². The molecule has 0 bridgehead atoms. The van der Waals surface area contributed by atoms with Gasteiger partial charge in [-0.05, 0) is 36.4 Å². The van der Waals surface area contributed by atoms with Crippen molar-refractivity contribution < 1.29 is 13.6 Å². The van der Waals surface area contributed by atoms with Crippen molar-refractivity contribution in [3.05, 3.63) is 65.5 Å². The third-order valence-corrected chi connectivity index (χ3v) is 3.20. The van der Waals surface area contributed by atoms with Crippen LogP contribution in [0.25, 0.3) is 0 Å². The van der Waals surface area contributed by atoms with Crippen LogP contribution in [0.1, 0.15) is 22.8 Å². The van der Waals surface area contributed by atoms with Crippen molar-refractivity contribution in [3.63, 3.8) is 0 Å². The molecule has 0 aliphatic carbocycles. The van der Waals surface area contributed by atoms with Gasteiger partial charge in [0.05, 0.1) is 12.1 Å². The first-order chi connectivity index (χ1) is 10.1.